The molecule has 1 aromatic heterocycles. The molecular formula is C13H20N4O2. The number of carboxylic acid groups (broad SMARTS) is 1. The zero-order valence-electron chi connectivity index (χ0n) is 11.5. The van der Waals surface area contributed by atoms with E-state index in [4.69, 9.17) is 5.11 Å². The summed E-state index contributed by atoms with van der Waals surface area (Å²) in [5.41, 5.74) is 1.93. The van der Waals surface area contributed by atoms with Gasteiger partial charge in [-0.15, -0.1) is 0 Å². The molecule has 1 saturated heterocycles. The molecule has 0 bridgehead atoms. The van der Waals surface area contributed by atoms with E-state index in [-0.39, 0.29) is 6.54 Å². The second-order valence-corrected chi connectivity index (χ2v) is 4.96. The minimum Gasteiger partial charge on any atom is -0.480 e. The highest BCUT2D eigenvalue weighted by Gasteiger charge is 2.18. The molecule has 2 rings (SSSR count). The summed E-state index contributed by atoms with van der Waals surface area (Å²) >= 11 is 0. The van der Waals surface area contributed by atoms with Gasteiger partial charge in [0.25, 0.3) is 0 Å². The highest BCUT2D eigenvalue weighted by atomic mass is 16.4. The number of aromatic nitrogens is 2. The number of nitrogens with zero attached hydrogens (tertiary/aromatic N) is 4. The molecule has 0 amide bonds. The molecular weight excluding hydrogens is 244 g/mol. The van der Waals surface area contributed by atoms with Crippen molar-refractivity contribution in [1.82, 2.24) is 14.9 Å². The normalized spacial score (nSPS) is 17.3. The van der Waals surface area contributed by atoms with E-state index in [0.29, 0.717) is 0 Å². The summed E-state index contributed by atoms with van der Waals surface area (Å²) in [6.45, 7) is 7.24. The summed E-state index contributed by atoms with van der Waals surface area (Å²) < 4.78 is 0. The van der Waals surface area contributed by atoms with Crippen LogP contribution in [0, 0.1) is 13.8 Å². The molecule has 0 unspecified atom stereocenters. The van der Waals surface area contributed by atoms with E-state index in [2.05, 4.69) is 14.9 Å². The van der Waals surface area contributed by atoms with Crippen molar-refractivity contribution in [2.24, 2.45) is 0 Å². The highest BCUT2D eigenvalue weighted by Crippen LogP contribution is 2.13. The summed E-state index contributed by atoms with van der Waals surface area (Å²) in [5.74, 6) is -0.00854. The van der Waals surface area contributed by atoms with Crippen LogP contribution >= 0.6 is 0 Å². The number of aryl methyl sites for hydroxylation is 2. The predicted molar refractivity (Wildman–Crippen MR) is 72.4 cm³/mol. The van der Waals surface area contributed by atoms with Gasteiger partial charge in [-0.2, -0.15) is 0 Å². The average Bonchev–Trinajstić information content (AvgIpc) is 2.52. The molecule has 6 nitrogen and oxygen atoms in total. The van der Waals surface area contributed by atoms with Crippen molar-refractivity contribution in [1.29, 1.82) is 0 Å². The number of anilines is 1. The molecule has 1 aromatic rings. The van der Waals surface area contributed by atoms with Gasteiger partial charge in [-0.25, -0.2) is 9.97 Å². The SMILES string of the molecule is Cc1cc(C)nc(N2CCCN(CC(=O)O)CC2)n1. The van der Waals surface area contributed by atoms with Crippen LogP contribution in [-0.4, -0.2) is 58.7 Å². The lowest BCUT2D eigenvalue weighted by Crippen LogP contribution is -2.34. The minimum absolute atomic E-state index is 0.113. The fraction of sp³-hybridized carbons (Fsp3) is 0.615. The van der Waals surface area contributed by atoms with E-state index in [1.807, 2.05) is 24.8 Å². The van der Waals surface area contributed by atoms with Crippen LogP contribution in [0.4, 0.5) is 5.95 Å². The van der Waals surface area contributed by atoms with E-state index in [1.165, 1.54) is 0 Å². The molecule has 1 N–H and O–H groups in total. The number of aliphatic carboxylic acids is 1. The van der Waals surface area contributed by atoms with Crippen LogP contribution in [0.1, 0.15) is 17.8 Å². The van der Waals surface area contributed by atoms with Crippen molar-refractivity contribution < 1.29 is 9.90 Å². The number of hydrogen-bond acceptors (Lipinski definition) is 5. The number of carbonyl (C=O) groups is 1. The molecule has 19 heavy (non-hydrogen) atoms. The Bertz CT molecular complexity index is 444. The van der Waals surface area contributed by atoms with Crippen molar-refractivity contribution in [3.8, 4) is 0 Å². The molecule has 0 aromatic carbocycles. The molecule has 0 atom stereocenters. The maximum absolute atomic E-state index is 10.7. The van der Waals surface area contributed by atoms with Crippen LogP contribution in [0.5, 0.6) is 0 Å². The minimum atomic E-state index is -0.767. The predicted octanol–water partition coefficient (Wildman–Crippen LogP) is 0.690. The second kappa shape index (κ2) is 5.97. The lowest BCUT2D eigenvalue weighted by molar-refractivity contribution is -0.138. The third-order valence-electron chi connectivity index (χ3n) is 3.20. The van der Waals surface area contributed by atoms with Gasteiger partial charge >= 0.3 is 5.97 Å². The smallest absolute Gasteiger partial charge is 0.317 e. The second-order valence-electron chi connectivity index (χ2n) is 4.96. The van der Waals surface area contributed by atoms with Gasteiger partial charge in [0.05, 0.1) is 6.54 Å². The van der Waals surface area contributed by atoms with E-state index in [0.717, 1.165) is 49.9 Å². The zero-order chi connectivity index (χ0) is 13.8. The number of hydrogen-bond donors (Lipinski definition) is 1. The molecule has 0 aliphatic carbocycles. The highest BCUT2D eigenvalue weighted by molar-refractivity contribution is 5.69. The third-order valence-corrected chi connectivity index (χ3v) is 3.20. The zero-order valence-corrected chi connectivity index (χ0v) is 11.5. The lowest BCUT2D eigenvalue weighted by atomic mass is 10.3. The summed E-state index contributed by atoms with van der Waals surface area (Å²) in [6.07, 6.45) is 0.934. The number of carboxylic acids is 1. The Morgan fingerprint density at radius 1 is 1.21 bits per heavy atom. The Hall–Kier alpha value is -1.69. The van der Waals surface area contributed by atoms with Crippen LogP contribution in [0.15, 0.2) is 6.07 Å². The van der Waals surface area contributed by atoms with Crippen molar-refractivity contribution in [3.63, 3.8) is 0 Å². The Balaban J connectivity index is 2.04. The summed E-state index contributed by atoms with van der Waals surface area (Å²) in [5, 5.41) is 8.83. The van der Waals surface area contributed by atoms with Gasteiger partial charge in [0, 0.05) is 37.6 Å². The molecule has 1 aliphatic heterocycles. The molecule has 1 fully saturated rings. The van der Waals surface area contributed by atoms with Crippen molar-refractivity contribution in [3.05, 3.63) is 17.5 Å². The van der Waals surface area contributed by atoms with Gasteiger partial charge in [-0.3, -0.25) is 9.69 Å². The molecule has 0 saturated carbocycles. The summed E-state index contributed by atoms with van der Waals surface area (Å²) in [6, 6.07) is 1.96. The Labute approximate surface area is 113 Å². The van der Waals surface area contributed by atoms with Crippen LogP contribution in [0.2, 0.25) is 0 Å². The molecule has 0 spiro atoms. The lowest BCUT2D eigenvalue weighted by Gasteiger charge is -2.21. The first kappa shape index (κ1) is 13.7. The first-order valence-electron chi connectivity index (χ1n) is 6.56. The van der Waals surface area contributed by atoms with Crippen molar-refractivity contribution >= 4 is 11.9 Å². The van der Waals surface area contributed by atoms with Gasteiger partial charge in [-0.05, 0) is 26.3 Å². The van der Waals surface area contributed by atoms with Crippen molar-refractivity contribution in [2.75, 3.05) is 37.6 Å². The van der Waals surface area contributed by atoms with Gasteiger partial charge in [0.15, 0.2) is 0 Å². The van der Waals surface area contributed by atoms with Gasteiger partial charge < -0.3 is 10.0 Å². The summed E-state index contributed by atoms with van der Waals surface area (Å²) in [7, 11) is 0. The Morgan fingerprint density at radius 3 is 2.53 bits per heavy atom. The van der Waals surface area contributed by atoms with E-state index in [9.17, 15) is 4.79 Å². The topological polar surface area (TPSA) is 69.6 Å². The monoisotopic (exact) mass is 264 g/mol. The van der Waals surface area contributed by atoms with E-state index >= 15 is 0 Å². The van der Waals surface area contributed by atoms with E-state index in [1.54, 1.807) is 0 Å². The standard InChI is InChI=1S/C13H20N4O2/c1-10-8-11(2)15-13(14-10)17-5-3-4-16(6-7-17)9-12(18)19/h8H,3-7,9H2,1-2H3,(H,18,19). The van der Waals surface area contributed by atoms with Crippen LogP contribution < -0.4 is 4.90 Å². The van der Waals surface area contributed by atoms with Crippen LogP contribution in [0.25, 0.3) is 0 Å². The molecule has 104 valence electrons. The largest absolute Gasteiger partial charge is 0.480 e. The first-order chi connectivity index (χ1) is 9.04. The maximum Gasteiger partial charge on any atom is 0.317 e. The fourth-order valence-corrected chi connectivity index (χ4v) is 2.37. The summed E-state index contributed by atoms with van der Waals surface area (Å²) in [4.78, 5) is 23.8. The molecule has 2 heterocycles. The third kappa shape index (κ3) is 3.89. The fourth-order valence-electron chi connectivity index (χ4n) is 2.37. The maximum atomic E-state index is 10.7. The van der Waals surface area contributed by atoms with Crippen molar-refractivity contribution in [2.45, 2.75) is 20.3 Å². The van der Waals surface area contributed by atoms with Crippen LogP contribution in [-0.2, 0) is 4.79 Å². The van der Waals surface area contributed by atoms with Gasteiger partial charge in [0.2, 0.25) is 5.95 Å². The van der Waals surface area contributed by atoms with Gasteiger partial charge in [0.1, 0.15) is 0 Å². The quantitative estimate of drug-likeness (QED) is 0.866. The average molecular weight is 264 g/mol. The Kier molecular flexibility index (Phi) is 4.31. The first-order valence-corrected chi connectivity index (χ1v) is 6.56. The molecule has 0 radical (unpaired) electrons. The number of rotatable bonds is 3. The molecule has 6 heteroatoms. The van der Waals surface area contributed by atoms with E-state index < -0.39 is 5.97 Å². The molecule has 1 aliphatic rings. The van der Waals surface area contributed by atoms with Crippen LogP contribution in [0.3, 0.4) is 0 Å². The Morgan fingerprint density at radius 2 is 1.89 bits per heavy atom. The van der Waals surface area contributed by atoms with Gasteiger partial charge in [-0.1, -0.05) is 0 Å².